The summed E-state index contributed by atoms with van der Waals surface area (Å²) in [5, 5.41) is 3.03. The SMILES string of the molecule is CNC(c1cc(C)cc(F)c1)c1ccc(Br)cc1F. The first kappa shape index (κ1) is 14.2. The molecule has 1 unspecified atom stereocenters. The van der Waals surface area contributed by atoms with Crippen molar-refractivity contribution < 1.29 is 8.78 Å². The van der Waals surface area contributed by atoms with Gasteiger partial charge in [0.25, 0.3) is 0 Å². The molecule has 4 heteroatoms. The van der Waals surface area contributed by atoms with Crippen molar-refractivity contribution in [1.29, 1.82) is 0 Å². The molecule has 2 rings (SSSR count). The Morgan fingerprint density at radius 3 is 2.42 bits per heavy atom. The lowest BCUT2D eigenvalue weighted by Crippen LogP contribution is -2.19. The second-order valence-electron chi connectivity index (χ2n) is 4.45. The maximum Gasteiger partial charge on any atom is 0.129 e. The third-order valence-electron chi connectivity index (χ3n) is 2.96. The predicted molar refractivity (Wildman–Crippen MR) is 76.1 cm³/mol. The molecule has 0 heterocycles. The molecule has 1 N–H and O–H groups in total. The lowest BCUT2D eigenvalue weighted by atomic mass is 9.97. The summed E-state index contributed by atoms with van der Waals surface area (Å²) < 4.78 is 28.2. The monoisotopic (exact) mass is 325 g/mol. The Morgan fingerprint density at radius 2 is 1.84 bits per heavy atom. The lowest BCUT2D eigenvalue weighted by molar-refractivity contribution is 0.570. The van der Waals surface area contributed by atoms with Gasteiger partial charge in [-0.3, -0.25) is 0 Å². The van der Waals surface area contributed by atoms with E-state index in [1.165, 1.54) is 18.2 Å². The van der Waals surface area contributed by atoms with Crippen LogP contribution in [0.2, 0.25) is 0 Å². The molecule has 0 saturated carbocycles. The molecular weight excluding hydrogens is 312 g/mol. The van der Waals surface area contributed by atoms with Crippen LogP contribution in [0.3, 0.4) is 0 Å². The second kappa shape index (κ2) is 5.80. The minimum absolute atomic E-state index is 0.312. The zero-order valence-corrected chi connectivity index (χ0v) is 12.3. The van der Waals surface area contributed by atoms with Gasteiger partial charge >= 0.3 is 0 Å². The van der Waals surface area contributed by atoms with Crippen LogP contribution in [-0.4, -0.2) is 7.05 Å². The minimum atomic E-state index is -0.373. The van der Waals surface area contributed by atoms with Gasteiger partial charge in [-0.1, -0.05) is 28.1 Å². The Hall–Kier alpha value is -1.26. The van der Waals surface area contributed by atoms with Gasteiger partial charge in [-0.15, -0.1) is 0 Å². The van der Waals surface area contributed by atoms with Gasteiger partial charge in [-0.05, 0) is 49.4 Å². The number of hydrogen-bond acceptors (Lipinski definition) is 1. The highest BCUT2D eigenvalue weighted by atomic mass is 79.9. The van der Waals surface area contributed by atoms with E-state index in [1.54, 1.807) is 19.2 Å². The Labute approximate surface area is 119 Å². The molecule has 0 amide bonds. The fourth-order valence-corrected chi connectivity index (χ4v) is 2.50. The number of rotatable bonds is 3. The molecule has 0 bridgehead atoms. The molecule has 1 atom stereocenters. The summed E-state index contributed by atoms with van der Waals surface area (Å²) in [5.41, 5.74) is 2.02. The first-order valence-corrected chi connectivity index (χ1v) is 6.70. The fraction of sp³-hybridized carbons (Fsp3) is 0.200. The third-order valence-corrected chi connectivity index (χ3v) is 3.45. The summed E-state index contributed by atoms with van der Waals surface area (Å²) in [6.07, 6.45) is 0. The van der Waals surface area contributed by atoms with Crippen molar-refractivity contribution in [3.8, 4) is 0 Å². The summed E-state index contributed by atoms with van der Waals surface area (Å²) in [7, 11) is 1.73. The molecule has 0 aromatic heterocycles. The molecule has 2 aromatic carbocycles. The van der Waals surface area contributed by atoms with E-state index >= 15 is 0 Å². The maximum atomic E-state index is 14.0. The number of halogens is 3. The Bertz CT molecular complexity index is 578. The van der Waals surface area contributed by atoms with Crippen LogP contribution in [0.5, 0.6) is 0 Å². The first-order chi connectivity index (χ1) is 9.01. The Kier molecular flexibility index (Phi) is 4.32. The largest absolute Gasteiger partial charge is 0.309 e. The number of aryl methyl sites for hydroxylation is 1. The van der Waals surface area contributed by atoms with Crippen molar-refractivity contribution >= 4 is 15.9 Å². The summed E-state index contributed by atoms with van der Waals surface area (Å²) in [6, 6.07) is 9.24. The second-order valence-corrected chi connectivity index (χ2v) is 5.37. The van der Waals surface area contributed by atoms with Crippen LogP contribution in [0.4, 0.5) is 8.78 Å². The highest BCUT2D eigenvalue weighted by Gasteiger charge is 2.17. The Morgan fingerprint density at radius 1 is 1.11 bits per heavy atom. The van der Waals surface area contributed by atoms with Gasteiger partial charge in [0.2, 0.25) is 0 Å². The van der Waals surface area contributed by atoms with Gasteiger partial charge in [0.15, 0.2) is 0 Å². The van der Waals surface area contributed by atoms with Gasteiger partial charge in [-0.2, -0.15) is 0 Å². The average Bonchev–Trinajstić information content (AvgIpc) is 2.31. The molecule has 0 radical (unpaired) electrons. The van der Waals surface area contributed by atoms with Crippen LogP contribution in [-0.2, 0) is 0 Å². The van der Waals surface area contributed by atoms with E-state index < -0.39 is 0 Å². The van der Waals surface area contributed by atoms with E-state index in [4.69, 9.17) is 0 Å². The smallest absolute Gasteiger partial charge is 0.129 e. The van der Waals surface area contributed by atoms with Crippen molar-refractivity contribution in [3.63, 3.8) is 0 Å². The van der Waals surface area contributed by atoms with Crippen LogP contribution in [0.25, 0.3) is 0 Å². The minimum Gasteiger partial charge on any atom is -0.309 e. The maximum absolute atomic E-state index is 14.0. The fourth-order valence-electron chi connectivity index (χ4n) is 2.17. The van der Waals surface area contributed by atoms with Crippen LogP contribution in [0, 0.1) is 18.6 Å². The van der Waals surface area contributed by atoms with E-state index in [0.717, 1.165) is 5.56 Å². The highest BCUT2D eigenvalue weighted by molar-refractivity contribution is 9.10. The Balaban J connectivity index is 2.49. The topological polar surface area (TPSA) is 12.0 Å². The van der Waals surface area contributed by atoms with Gasteiger partial charge in [-0.25, -0.2) is 8.78 Å². The number of nitrogens with one attached hydrogen (secondary N) is 1. The van der Waals surface area contributed by atoms with E-state index in [2.05, 4.69) is 21.2 Å². The van der Waals surface area contributed by atoms with E-state index in [0.29, 0.717) is 15.6 Å². The average molecular weight is 326 g/mol. The molecule has 0 fully saturated rings. The zero-order chi connectivity index (χ0) is 14.0. The van der Waals surface area contributed by atoms with Crippen LogP contribution in [0.15, 0.2) is 40.9 Å². The lowest BCUT2D eigenvalue weighted by Gasteiger charge is -2.18. The predicted octanol–water partition coefficient (Wildman–Crippen LogP) is 4.34. The third kappa shape index (κ3) is 3.19. The zero-order valence-electron chi connectivity index (χ0n) is 10.7. The van der Waals surface area contributed by atoms with E-state index in [-0.39, 0.29) is 17.7 Å². The van der Waals surface area contributed by atoms with Crippen molar-refractivity contribution in [2.24, 2.45) is 0 Å². The van der Waals surface area contributed by atoms with Gasteiger partial charge in [0.05, 0.1) is 6.04 Å². The van der Waals surface area contributed by atoms with Crippen LogP contribution < -0.4 is 5.32 Å². The highest BCUT2D eigenvalue weighted by Crippen LogP contribution is 2.27. The summed E-state index contributed by atoms with van der Waals surface area (Å²) in [6.45, 7) is 1.82. The molecule has 2 aromatic rings. The molecule has 0 aliphatic rings. The quantitative estimate of drug-likeness (QED) is 0.884. The summed E-state index contributed by atoms with van der Waals surface area (Å²) in [5.74, 6) is -0.636. The molecule has 0 aliphatic heterocycles. The van der Waals surface area contributed by atoms with Crippen molar-refractivity contribution in [1.82, 2.24) is 5.32 Å². The van der Waals surface area contributed by atoms with Gasteiger partial charge in [0.1, 0.15) is 11.6 Å². The molecule has 0 aliphatic carbocycles. The molecule has 1 nitrogen and oxygen atoms in total. The molecule has 0 spiro atoms. The molecular formula is C15H14BrF2N. The van der Waals surface area contributed by atoms with Crippen molar-refractivity contribution in [2.75, 3.05) is 7.05 Å². The normalized spacial score (nSPS) is 12.5. The number of benzene rings is 2. The summed E-state index contributed by atoms with van der Waals surface area (Å²) in [4.78, 5) is 0. The van der Waals surface area contributed by atoms with E-state index in [1.807, 2.05) is 13.0 Å². The van der Waals surface area contributed by atoms with E-state index in [9.17, 15) is 8.78 Å². The summed E-state index contributed by atoms with van der Waals surface area (Å²) >= 11 is 3.23. The standard InChI is InChI=1S/C15H14BrF2N/c1-9-5-10(7-12(17)6-9)15(19-2)13-4-3-11(16)8-14(13)18/h3-8,15,19H,1-2H3. The van der Waals surface area contributed by atoms with Crippen LogP contribution >= 0.6 is 15.9 Å². The molecule has 19 heavy (non-hydrogen) atoms. The van der Waals surface area contributed by atoms with Crippen LogP contribution in [0.1, 0.15) is 22.7 Å². The molecule has 0 saturated heterocycles. The van der Waals surface area contributed by atoms with Gasteiger partial charge in [0, 0.05) is 10.0 Å². The molecule has 100 valence electrons. The van der Waals surface area contributed by atoms with Crippen molar-refractivity contribution in [2.45, 2.75) is 13.0 Å². The first-order valence-electron chi connectivity index (χ1n) is 5.90. The van der Waals surface area contributed by atoms with Crippen molar-refractivity contribution in [3.05, 3.63) is 69.2 Å². The van der Waals surface area contributed by atoms with Gasteiger partial charge < -0.3 is 5.32 Å². The number of hydrogen-bond donors (Lipinski definition) is 1.